The van der Waals surface area contributed by atoms with Gasteiger partial charge in [0, 0.05) is 10.5 Å². The van der Waals surface area contributed by atoms with Gasteiger partial charge in [-0.05, 0) is 48.9 Å². The van der Waals surface area contributed by atoms with Crippen LogP contribution in [0.25, 0.3) is 0 Å². The zero-order chi connectivity index (χ0) is 13.7. The summed E-state index contributed by atoms with van der Waals surface area (Å²) in [5.41, 5.74) is 1.92. The number of likely N-dealkylation sites (N-methyl/N-ethyl adjacent to an activating group) is 1. The summed E-state index contributed by atoms with van der Waals surface area (Å²) < 4.78 is 1.17. The molecule has 0 bridgehead atoms. The van der Waals surface area contributed by atoms with Crippen molar-refractivity contribution in [1.29, 1.82) is 0 Å². The van der Waals surface area contributed by atoms with Gasteiger partial charge < -0.3 is 5.32 Å². The van der Waals surface area contributed by atoms with E-state index in [4.69, 9.17) is 0 Å². The second kappa shape index (κ2) is 6.90. The van der Waals surface area contributed by atoms with Crippen LogP contribution in [0.3, 0.4) is 0 Å². The predicted octanol–water partition coefficient (Wildman–Crippen LogP) is 4.94. The van der Waals surface area contributed by atoms with Gasteiger partial charge in [-0.25, -0.2) is 0 Å². The summed E-state index contributed by atoms with van der Waals surface area (Å²) in [5, 5.41) is 3.74. The lowest BCUT2D eigenvalue weighted by atomic mass is 9.69. The zero-order valence-corrected chi connectivity index (χ0v) is 13.8. The molecule has 0 radical (unpaired) electrons. The monoisotopic (exact) mass is 323 g/mol. The van der Waals surface area contributed by atoms with Gasteiger partial charge in [0.1, 0.15) is 0 Å². The van der Waals surface area contributed by atoms with Crippen LogP contribution >= 0.6 is 15.9 Å². The molecule has 1 atom stereocenters. The first-order chi connectivity index (χ1) is 9.14. The first-order valence-electron chi connectivity index (χ1n) is 7.62. The van der Waals surface area contributed by atoms with E-state index in [0.29, 0.717) is 11.5 Å². The fraction of sp³-hybridized carbons (Fsp3) is 0.647. The summed E-state index contributed by atoms with van der Waals surface area (Å²) >= 11 is 3.51. The molecular weight excluding hydrogens is 298 g/mol. The van der Waals surface area contributed by atoms with Crippen LogP contribution in [0.2, 0.25) is 0 Å². The maximum absolute atomic E-state index is 3.74. The zero-order valence-electron chi connectivity index (χ0n) is 12.2. The molecule has 1 N–H and O–H groups in total. The Labute approximate surface area is 126 Å². The van der Waals surface area contributed by atoms with Crippen LogP contribution in [0.5, 0.6) is 0 Å². The molecule has 1 aliphatic carbocycles. The van der Waals surface area contributed by atoms with Gasteiger partial charge in [0.25, 0.3) is 0 Å². The van der Waals surface area contributed by atoms with Crippen LogP contribution < -0.4 is 5.32 Å². The first-order valence-corrected chi connectivity index (χ1v) is 8.41. The summed E-state index contributed by atoms with van der Waals surface area (Å²) in [7, 11) is 0. The molecule has 1 aromatic rings. The van der Waals surface area contributed by atoms with Gasteiger partial charge in [-0.3, -0.25) is 0 Å². The lowest BCUT2D eigenvalue weighted by Gasteiger charge is -2.41. The molecular formula is C17H26BrN. The number of halogens is 1. The van der Waals surface area contributed by atoms with Gasteiger partial charge in [-0.1, -0.05) is 61.2 Å². The van der Waals surface area contributed by atoms with Crippen molar-refractivity contribution in [3.8, 4) is 0 Å². The van der Waals surface area contributed by atoms with E-state index in [-0.39, 0.29) is 0 Å². The van der Waals surface area contributed by atoms with Gasteiger partial charge in [0.05, 0.1) is 0 Å². The lowest BCUT2D eigenvalue weighted by molar-refractivity contribution is 0.145. The van der Waals surface area contributed by atoms with Crippen molar-refractivity contribution in [1.82, 2.24) is 5.32 Å². The number of hydrogen-bond donors (Lipinski definition) is 1. The van der Waals surface area contributed by atoms with E-state index in [9.17, 15) is 0 Å². The molecule has 1 unspecified atom stereocenters. The molecule has 2 heteroatoms. The summed E-state index contributed by atoms with van der Waals surface area (Å²) in [6.45, 7) is 5.77. The highest BCUT2D eigenvalue weighted by atomic mass is 79.9. The van der Waals surface area contributed by atoms with Crippen molar-refractivity contribution < 1.29 is 0 Å². The van der Waals surface area contributed by atoms with Crippen LogP contribution in [0.1, 0.15) is 51.5 Å². The minimum absolute atomic E-state index is 0.474. The van der Waals surface area contributed by atoms with Crippen LogP contribution in [0.4, 0.5) is 0 Å². The van der Waals surface area contributed by atoms with E-state index in [1.807, 2.05) is 0 Å². The molecule has 0 spiro atoms. The number of rotatable bonds is 5. The molecule has 1 aliphatic rings. The Hall–Kier alpha value is -0.340. The van der Waals surface area contributed by atoms with E-state index in [1.54, 1.807) is 0 Å². The Balaban J connectivity index is 2.08. The largest absolute Gasteiger partial charge is 0.313 e. The minimum atomic E-state index is 0.474. The molecule has 1 fully saturated rings. The normalized spacial score (nSPS) is 20.2. The van der Waals surface area contributed by atoms with Crippen molar-refractivity contribution in [2.24, 2.45) is 5.41 Å². The van der Waals surface area contributed by atoms with Gasteiger partial charge in [-0.15, -0.1) is 0 Å². The van der Waals surface area contributed by atoms with E-state index in [1.165, 1.54) is 42.1 Å². The third-order valence-corrected chi connectivity index (χ3v) is 5.17. The van der Waals surface area contributed by atoms with Crippen LogP contribution in [-0.2, 0) is 6.42 Å². The Morgan fingerprint density at radius 2 is 1.79 bits per heavy atom. The number of benzene rings is 1. The van der Waals surface area contributed by atoms with E-state index in [2.05, 4.69) is 59.4 Å². The second-order valence-electron chi connectivity index (χ2n) is 6.16. The maximum atomic E-state index is 3.74. The van der Waals surface area contributed by atoms with Crippen molar-refractivity contribution in [2.75, 3.05) is 6.54 Å². The number of nitrogens with one attached hydrogen (secondary N) is 1. The van der Waals surface area contributed by atoms with Crippen LogP contribution in [0.15, 0.2) is 28.7 Å². The SMILES string of the molecule is CCNC(Cc1ccc(Br)cc1)C1(C)CCCCC1. The summed E-state index contributed by atoms with van der Waals surface area (Å²) in [5.74, 6) is 0. The van der Waals surface area contributed by atoms with Gasteiger partial charge in [0.2, 0.25) is 0 Å². The van der Waals surface area contributed by atoms with E-state index in [0.717, 1.165) is 13.0 Å². The third kappa shape index (κ3) is 4.06. The smallest absolute Gasteiger partial charge is 0.0175 e. The third-order valence-electron chi connectivity index (χ3n) is 4.64. The molecule has 0 saturated heterocycles. The van der Waals surface area contributed by atoms with E-state index < -0.39 is 0 Å². The molecule has 0 amide bonds. The van der Waals surface area contributed by atoms with Crippen molar-refractivity contribution in [3.63, 3.8) is 0 Å². The predicted molar refractivity (Wildman–Crippen MR) is 86.5 cm³/mol. The highest BCUT2D eigenvalue weighted by molar-refractivity contribution is 9.10. The summed E-state index contributed by atoms with van der Waals surface area (Å²) in [6.07, 6.45) is 8.13. The molecule has 106 valence electrons. The van der Waals surface area contributed by atoms with Crippen LogP contribution in [-0.4, -0.2) is 12.6 Å². The van der Waals surface area contributed by atoms with Crippen molar-refractivity contribution >= 4 is 15.9 Å². The van der Waals surface area contributed by atoms with Gasteiger partial charge in [0.15, 0.2) is 0 Å². The second-order valence-corrected chi connectivity index (χ2v) is 7.07. The highest BCUT2D eigenvalue weighted by Crippen LogP contribution is 2.39. The van der Waals surface area contributed by atoms with Crippen molar-refractivity contribution in [2.45, 2.75) is 58.4 Å². The van der Waals surface area contributed by atoms with Crippen molar-refractivity contribution in [3.05, 3.63) is 34.3 Å². The Morgan fingerprint density at radius 1 is 1.16 bits per heavy atom. The first kappa shape index (κ1) is 15.1. The standard InChI is InChI=1S/C17H26BrN/c1-3-19-16(17(2)11-5-4-6-12-17)13-14-7-9-15(18)10-8-14/h7-10,16,19H,3-6,11-13H2,1-2H3. The average Bonchev–Trinajstić information content (AvgIpc) is 2.41. The maximum Gasteiger partial charge on any atom is 0.0175 e. The molecule has 1 saturated carbocycles. The summed E-state index contributed by atoms with van der Waals surface area (Å²) in [6, 6.07) is 9.42. The minimum Gasteiger partial charge on any atom is -0.313 e. The number of hydrogen-bond acceptors (Lipinski definition) is 1. The fourth-order valence-corrected chi connectivity index (χ4v) is 3.64. The molecule has 1 nitrogen and oxygen atoms in total. The molecule has 0 aliphatic heterocycles. The van der Waals surface area contributed by atoms with Crippen LogP contribution in [0, 0.1) is 5.41 Å². The Kier molecular flexibility index (Phi) is 5.47. The Bertz CT molecular complexity index is 379. The molecule has 2 rings (SSSR count). The lowest BCUT2D eigenvalue weighted by Crippen LogP contribution is -2.46. The molecule has 19 heavy (non-hydrogen) atoms. The van der Waals surface area contributed by atoms with E-state index >= 15 is 0 Å². The highest BCUT2D eigenvalue weighted by Gasteiger charge is 2.34. The topological polar surface area (TPSA) is 12.0 Å². The fourth-order valence-electron chi connectivity index (χ4n) is 3.38. The average molecular weight is 324 g/mol. The molecule has 0 aromatic heterocycles. The molecule has 1 aromatic carbocycles. The molecule has 0 heterocycles. The quantitative estimate of drug-likeness (QED) is 0.809. The van der Waals surface area contributed by atoms with Gasteiger partial charge in [-0.2, -0.15) is 0 Å². The van der Waals surface area contributed by atoms with Gasteiger partial charge >= 0.3 is 0 Å². The summed E-state index contributed by atoms with van der Waals surface area (Å²) in [4.78, 5) is 0. The Morgan fingerprint density at radius 3 is 2.37 bits per heavy atom.